The fourth-order valence-electron chi connectivity index (χ4n) is 1.02. The predicted molar refractivity (Wildman–Crippen MR) is 59.1 cm³/mol. The molecular weight excluding hydrogens is 176 g/mol. The van der Waals surface area contributed by atoms with E-state index < -0.39 is 0 Å². The van der Waals surface area contributed by atoms with E-state index in [2.05, 4.69) is 17.9 Å². The maximum atomic E-state index is 8.99. The van der Waals surface area contributed by atoms with Crippen LogP contribution in [0.25, 0.3) is 0 Å². The first kappa shape index (κ1) is 12.3. The lowest BCUT2D eigenvalue weighted by Gasteiger charge is -1.95. The van der Waals surface area contributed by atoms with Gasteiger partial charge < -0.3 is 9.84 Å². The van der Waals surface area contributed by atoms with Crippen molar-refractivity contribution in [2.45, 2.75) is 13.8 Å². The number of phenols is 1. The Bertz CT molecular complexity index is 247. The molecule has 0 spiro atoms. The van der Waals surface area contributed by atoms with Gasteiger partial charge in [-0.25, -0.2) is 0 Å². The molecule has 2 heteroatoms. The summed E-state index contributed by atoms with van der Waals surface area (Å²) in [6.07, 6.45) is 2.62. The molecule has 76 valence electrons. The van der Waals surface area contributed by atoms with Crippen molar-refractivity contribution in [3.63, 3.8) is 0 Å². The summed E-state index contributed by atoms with van der Waals surface area (Å²) < 4.78 is 4.36. The Balaban J connectivity index is 0.000000292. The number of hydrogen-bond acceptors (Lipinski definition) is 2. The van der Waals surface area contributed by atoms with Crippen LogP contribution in [0.1, 0.15) is 11.1 Å². The van der Waals surface area contributed by atoms with Crippen molar-refractivity contribution in [3.05, 3.63) is 55.0 Å². The second kappa shape index (κ2) is 6.78. The summed E-state index contributed by atoms with van der Waals surface area (Å²) in [7, 11) is 0. The van der Waals surface area contributed by atoms with E-state index in [1.165, 1.54) is 12.5 Å². The third-order valence-corrected chi connectivity index (χ3v) is 1.40. The van der Waals surface area contributed by atoms with E-state index in [9.17, 15) is 0 Å². The standard InChI is InChI=1S/C8H10O.C4H6O/c1-6-3-7(2)5-8(9)4-6;1-3-5-4-2/h3-5,9H,1-2H3;3-4H,1-2H2. The van der Waals surface area contributed by atoms with Crippen LogP contribution in [0.5, 0.6) is 5.75 Å². The summed E-state index contributed by atoms with van der Waals surface area (Å²) in [6, 6.07) is 5.51. The number of ether oxygens (including phenoxy) is 1. The van der Waals surface area contributed by atoms with Gasteiger partial charge in [0.25, 0.3) is 0 Å². The van der Waals surface area contributed by atoms with Gasteiger partial charge in [0.15, 0.2) is 0 Å². The molecule has 2 nitrogen and oxygen atoms in total. The van der Waals surface area contributed by atoms with Gasteiger partial charge in [-0.2, -0.15) is 0 Å². The average Bonchev–Trinajstić information content (AvgIpc) is 2.03. The number of phenolic OH excluding ortho intramolecular Hbond substituents is 1. The highest BCUT2D eigenvalue weighted by Gasteiger charge is 1.89. The zero-order valence-corrected chi connectivity index (χ0v) is 8.66. The molecule has 14 heavy (non-hydrogen) atoms. The maximum absolute atomic E-state index is 8.99. The normalized spacial score (nSPS) is 8.14. The third kappa shape index (κ3) is 5.89. The maximum Gasteiger partial charge on any atom is 0.116 e. The Morgan fingerprint density at radius 1 is 1.07 bits per heavy atom. The molecule has 0 aromatic heterocycles. The Hall–Kier alpha value is -1.70. The summed E-state index contributed by atoms with van der Waals surface area (Å²) >= 11 is 0. The van der Waals surface area contributed by atoms with Crippen molar-refractivity contribution in [1.82, 2.24) is 0 Å². The molecule has 0 aliphatic heterocycles. The van der Waals surface area contributed by atoms with Crippen LogP contribution >= 0.6 is 0 Å². The molecule has 0 unspecified atom stereocenters. The minimum absolute atomic E-state index is 0.354. The van der Waals surface area contributed by atoms with Gasteiger partial charge in [0.05, 0.1) is 12.5 Å². The van der Waals surface area contributed by atoms with E-state index in [-0.39, 0.29) is 0 Å². The second-order valence-corrected chi connectivity index (χ2v) is 2.82. The van der Waals surface area contributed by atoms with Crippen LogP contribution in [0.4, 0.5) is 0 Å². The lowest BCUT2D eigenvalue weighted by molar-refractivity contribution is 0.406. The van der Waals surface area contributed by atoms with Crippen LogP contribution in [0.3, 0.4) is 0 Å². The number of aromatic hydroxyl groups is 1. The van der Waals surface area contributed by atoms with Crippen LogP contribution in [0.15, 0.2) is 43.9 Å². The highest BCUT2D eigenvalue weighted by atomic mass is 16.5. The molecule has 1 aromatic rings. The van der Waals surface area contributed by atoms with E-state index >= 15 is 0 Å². The molecule has 1 aromatic carbocycles. The first-order valence-electron chi connectivity index (χ1n) is 4.24. The number of aryl methyl sites for hydroxylation is 2. The van der Waals surface area contributed by atoms with Gasteiger partial charge in [-0.3, -0.25) is 0 Å². The average molecular weight is 192 g/mol. The molecule has 0 aliphatic carbocycles. The van der Waals surface area contributed by atoms with E-state index in [4.69, 9.17) is 5.11 Å². The number of rotatable bonds is 2. The summed E-state index contributed by atoms with van der Waals surface area (Å²) in [5, 5.41) is 8.99. The van der Waals surface area contributed by atoms with Gasteiger partial charge in [-0.15, -0.1) is 0 Å². The minimum Gasteiger partial charge on any atom is -0.508 e. The number of hydrogen-bond donors (Lipinski definition) is 1. The van der Waals surface area contributed by atoms with Gasteiger partial charge in [0, 0.05) is 0 Å². The Morgan fingerprint density at radius 2 is 1.50 bits per heavy atom. The molecule has 0 aliphatic rings. The van der Waals surface area contributed by atoms with Crippen LogP contribution in [0, 0.1) is 13.8 Å². The molecule has 0 heterocycles. The summed E-state index contributed by atoms with van der Waals surface area (Å²) in [5.41, 5.74) is 2.21. The molecule has 0 fully saturated rings. The molecule has 0 bridgehead atoms. The van der Waals surface area contributed by atoms with Crippen molar-refractivity contribution in [3.8, 4) is 5.75 Å². The van der Waals surface area contributed by atoms with E-state index in [0.29, 0.717) is 5.75 Å². The van der Waals surface area contributed by atoms with Gasteiger partial charge >= 0.3 is 0 Å². The molecule has 0 radical (unpaired) electrons. The lowest BCUT2D eigenvalue weighted by Crippen LogP contribution is -1.74. The fraction of sp³-hybridized carbons (Fsp3) is 0.167. The molecule has 0 atom stereocenters. The Labute approximate surface area is 85.2 Å². The largest absolute Gasteiger partial charge is 0.508 e. The van der Waals surface area contributed by atoms with Crippen LogP contribution in [-0.2, 0) is 4.74 Å². The van der Waals surface area contributed by atoms with Crippen molar-refractivity contribution >= 4 is 0 Å². The SMILES string of the molecule is C=COC=C.Cc1cc(C)cc(O)c1. The van der Waals surface area contributed by atoms with Gasteiger partial charge in [0.1, 0.15) is 5.75 Å². The zero-order chi connectivity index (χ0) is 11.0. The Kier molecular flexibility index (Phi) is 5.95. The van der Waals surface area contributed by atoms with Crippen LogP contribution in [-0.4, -0.2) is 5.11 Å². The highest BCUT2D eigenvalue weighted by Crippen LogP contribution is 2.13. The summed E-state index contributed by atoms with van der Waals surface area (Å²) in [4.78, 5) is 0. The first-order chi connectivity index (χ1) is 6.60. The second-order valence-electron chi connectivity index (χ2n) is 2.82. The smallest absolute Gasteiger partial charge is 0.116 e. The topological polar surface area (TPSA) is 29.5 Å². The van der Waals surface area contributed by atoms with Gasteiger partial charge in [-0.05, 0) is 37.1 Å². The Morgan fingerprint density at radius 3 is 1.71 bits per heavy atom. The van der Waals surface area contributed by atoms with E-state index in [1.807, 2.05) is 19.9 Å². The molecule has 0 saturated carbocycles. The van der Waals surface area contributed by atoms with Crippen molar-refractivity contribution in [1.29, 1.82) is 0 Å². The minimum atomic E-state index is 0.354. The zero-order valence-electron chi connectivity index (χ0n) is 8.66. The lowest BCUT2D eigenvalue weighted by atomic mass is 10.1. The van der Waals surface area contributed by atoms with Gasteiger partial charge in [0.2, 0.25) is 0 Å². The fourth-order valence-corrected chi connectivity index (χ4v) is 1.02. The molecule has 1 N–H and O–H groups in total. The third-order valence-electron chi connectivity index (χ3n) is 1.40. The predicted octanol–water partition coefficient (Wildman–Crippen LogP) is 3.30. The van der Waals surface area contributed by atoms with E-state index in [1.54, 1.807) is 12.1 Å². The van der Waals surface area contributed by atoms with Crippen molar-refractivity contribution in [2.75, 3.05) is 0 Å². The van der Waals surface area contributed by atoms with Crippen LogP contribution in [0.2, 0.25) is 0 Å². The summed E-state index contributed by atoms with van der Waals surface area (Å²) in [5.74, 6) is 0.354. The van der Waals surface area contributed by atoms with Gasteiger partial charge in [-0.1, -0.05) is 19.2 Å². The van der Waals surface area contributed by atoms with E-state index in [0.717, 1.165) is 11.1 Å². The van der Waals surface area contributed by atoms with Crippen molar-refractivity contribution < 1.29 is 9.84 Å². The van der Waals surface area contributed by atoms with Crippen molar-refractivity contribution in [2.24, 2.45) is 0 Å². The molecule has 0 amide bonds. The molecule has 1 rings (SSSR count). The summed E-state index contributed by atoms with van der Waals surface area (Å²) in [6.45, 7) is 10.4. The number of benzene rings is 1. The molecule has 0 saturated heterocycles. The van der Waals surface area contributed by atoms with Crippen LogP contribution < -0.4 is 0 Å². The quantitative estimate of drug-likeness (QED) is 0.728. The monoisotopic (exact) mass is 192 g/mol. The first-order valence-corrected chi connectivity index (χ1v) is 4.24. The highest BCUT2D eigenvalue weighted by molar-refractivity contribution is 5.31. The molecular formula is C12H16O2.